The molecule has 2 aromatic heterocycles. The lowest BCUT2D eigenvalue weighted by atomic mass is 10.3. The van der Waals surface area contributed by atoms with E-state index in [1.165, 1.54) is 11.3 Å². The number of nitrogens with zero attached hydrogens (tertiary/aromatic N) is 3. The van der Waals surface area contributed by atoms with Gasteiger partial charge in [-0.05, 0) is 25.0 Å². The third kappa shape index (κ3) is 4.14. The lowest BCUT2D eigenvalue weighted by Crippen LogP contribution is -2.29. The molecule has 0 spiro atoms. The van der Waals surface area contributed by atoms with Crippen LogP contribution in [-0.4, -0.2) is 26.6 Å². The van der Waals surface area contributed by atoms with E-state index in [2.05, 4.69) is 20.7 Å². The van der Waals surface area contributed by atoms with Gasteiger partial charge in [0.25, 0.3) is 0 Å². The number of aryl methyl sites for hydroxylation is 2. The van der Waals surface area contributed by atoms with Crippen LogP contribution in [0, 0.1) is 0 Å². The maximum absolute atomic E-state index is 12.1. The molecule has 2 amide bonds. The smallest absolute Gasteiger partial charge is 0.315 e. The van der Waals surface area contributed by atoms with Gasteiger partial charge >= 0.3 is 11.8 Å². The predicted molar refractivity (Wildman–Crippen MR) is 101 cm³/mol. The number of ether oxygens (including phenoxy) is 1. The van der Waals surface area contributed by atoms with Gasteiger partial charge in [-0.15, -0.1) is 11.3 Å². The van der Waals surface area contributed by atoms with Crippen molar-refractivity contribution in [1.82, 2.24) is 14.8 Å². The monoisotopic (exact) mass is 383 g/mol. The number of hydrogen-bond acceptors (Lipinski definition) is 6. The standard InChI is InChI=1S/C18H17N5O3S/c24-17(18(25)21-16-8-14-4-2-6-23(14)22-16)20-12-3-1-5-15(7-12)26-9-13-10-27-11-19-13/h1,3,5,7-8,10-11H,2,4,6,9H2,(H,20,24)(H,21,22,25). The number of nitrogens with one attached hydrogen (secondary N) is 2. The van der Waals surface area contributed by atoms with Crippen molar-refractivity contribution in [3.63, 3.8) is 0 Å². The van der Waals surface area contributed by atoms with Gasteiger partial charge in [-0.3, -0.25) is 14.3 Å². The third-order valence-corrected chi connectivity index (χ3v) is 4.71. The van der Waals surface area contributed by atoms with Gasteiger partial charge in [0.05, 0.1) is 11.2 Å². The zero-order valence-electron chi connectivity index (χ0n) is 14.3. The van der Waals surface area contributed by atoms with Crippen molar-refractivity contribution >= 4 is 34.7 Å². The number of fused-ring (bicyclic) bond motifs is 1. The topological polar surface area (TPSA) is 98.1 Å². The largest absolute Gasteiger partial charge is 0.487 e. The number of hydrogen-bond donors (Lipinski definition) is 2. The van der Waals surface area contributed by atoms with E-state index >= 15 is 0 Å². The summed E-state index contributed by atoms with van der Waals surface area (Å²) in [5.41, 5.74) is 4.11. The zero-order chi connectivity index (χ0) is 18.6. The molecule has 0 atom stereocenters. The highest BCUT2D eigenvalue weighted by Gasteiger charge is 2.19. The summed E-state index contributed by atoms with van der Waals surface area (Å²) in [5.74, 6) is -0.558. The summed E-state index contributed by atoms with van der Waals surface area (Å²) in [6.45, 7) is 1.18. The summed E-state index contributed by atoms with van der Waals surface area (Å²) in [6.07, 6.45) is 1.99. The fourth-order valence-corrected chi connectivity index (χ4v) is 3.36. The molecule has 8 nitrogen and oxygen atoms in total. The van der Waals surface area contributed by atoms with Crippen LogP contribution in [0.1, 0.15) is 17.8 Å². The summed E-state index contributed by atoms with van der Waals surface area (Å²) in [4.78, 5) is 28.4. The molecule has 9 heteroatoms. The zero-order valence-corrected chi connectivity index (χ0v) is 15.2. The molecule has 27 heavy (non-hydrogen) atoms. The lowest BCUT2D eigenvalue weighted by Gasteiger charge is -2.08. The summed E-state index contributed by atoms with van der Waals surface area (Å²) in [5, 5.41) is 11.3. The van der Waals surface area contributed by atoms with Gasteiger partial charge in [-0.1, -0.05) is 6.07 Å². The maximum atomic E-state index is 12.1. The number of anilines is 2. The summed E-state index contributed by atoms with van der Waals surface area (Å²) < 4.78 is 7.49. The number of carbonyl (C=O) groups is 2. The Balaban J connectivity index is 1.34. The van der Waals surface area contributed by atoms with E-state index < -0.39 is 11.8 Å². The first-order chi connectivity index (χ1) is 13.2. The number of rotatable bonds is 5. The summed E-state index contributed by atoms with van der Waals surface area (Å²) in [6, 6.07) is 8.65. The van der Waals surface area contributed by atoms with Crippen LogP contribution in [0.3, 0.4) is 0 Å². The molecule has 3 aromatic rings. The molecule has 0 fully saturated rings. The van der Waals surface area contributed by atoms with Crippen LogP contribution in [0.25, 0.3) is 0 Å². The van der Waals surface area contributed by atoms with Crippen molar-refractivity contribution in [2.24, 2.45) is 0 Å². The van der Waals surface area contributed by atoms with Gasteiger partial charge in [-0.2, -0.15) is 5.10 Å². The molecule has 0 radical (unpaired) electrons. The summed E-state index contributed by atoms with van der Waals surface area (Å²) >= 11 is 1.50. The molecule has 0 saturated heterocycles. The van der Waals surface area contributed by atoms with Crippen LogP contribution >= 0.6 is 11.3 Å². The first-order valence-electron chi connectivity index (χ1n) is 8.46. The van der Waals surface area contributed by atoms with Crippen LogP contribution < -0.4 is 15.4 Å². The van der Waals surface area contributed by atoms with Gasteiger partial charge in [-0.25, -0.2) is 4.98 Å². The van der Waals surface area contributed by atoms with E-state index in [4.69, 9.17) is 4.74 Å². The van der Waals surface area contributed by atoms with E-state index in [-0.39, 0.29) is 0 Å². The van der Waals surface area contributed by atoms with Crippen molar-refractivity contribution in [3.8, 4) is 5.75 Å². The van der Waals surface area contributed by atoms with E-state index in [1.807, 2.05) is 10.1 Å². The van der Waals surface area contributed by atoms with Gasteiger partial charge in [0.15, 0.2) is 5.82 Å². The fourth-order valence-electron chi connectivity index (χ4n) is 2.81. The Morgan fingerprint density at radius 1 is 1.22 bits per heavy atom. The molecule has 4 rings (SSSR count). The van der Waals surface area contributed by atoms with Crippen LogP contribution in [0.15, 0.2) is 41.2 Å². The molecule has 1 aliphatic rings. The Labute approximate surface area is 159 Å². The minimum absolute atomic E-state index is 0.340. The highest BCUT2D eigenvalue weighted by atomic mass is 32.1. The van der Waals surface area contributed by atoms with E-state index in [9.17, 15) is 9.59 Å². The second kappa shape index (κ2) is 7.58. The van der Waals surface area contributed by atoms with E-state index in [0.29, 0.717) is 23.9 Å². The number of carbonyl (C=O) groups excluding carboxylic acids is 2. The molecule has 3 heterocycles. The molecular weight excluding hydrogens is 366 g/mol. The molecule has 0 aliphatic carbocycles. The number of amides is 2. The molecule has 138 valence electrons. The number of aromatic nitrogens is 3. The number of benzene rings is 1. The van der Waals surface area contributed by atoms with Crippen LogP contribution in [0.2, 0.25) is 0 Å². The Hall–Kier alpha value is -3.20. The average molecular weight is 383 g/mol. The Morgan fingerprint density at radius 2 is 2.11 bits per heavy atom. The second-order valence-electron chi connectivity index (χ2n) is 6.05. The minimum atomic E-state index is -0.764. The molecule has 2 N–H and O–H groups in total. The van der Waals surface area contributed by atoms with Gasteiger partial charge < -0.3 is 15.4 Å². The summed E-state index contributed by atoms with van der Waals surface area (Å²) in [7, 11) is 0. The van der Waals surface area contributed by atoms with Crippen molar-refractivity contribution in [1.29, 1.82) is 0 Å². The molecule has 0 bridgehead atoms. The highest BCUT2D eigenvalue weighted by Crippen LogP contribution is 2.20. The molecule has 1 aliphatic heterocycles. The highest BCUT2D eigenvalue weighted by molar-refractivity contribution is 7.07. The second-order valence-corrected chi connectivity index (χ2v) is 6.77. The Kier molecular flexibility index (Phi) is 4.84. The van der Waals surface area contributed by atoms with Crippen LogP contribution in [0.5, 0.6) is 5.75 Å². The quantitative estimate of drug-likeness (QED) is 0.660. The third-order valence-electron chi connectivity index (χ3n) is 4.08. The van der Waals surface area contributed by atoms with Gasteiger partial charge in [0.2, 0.25) is 0 Å². The molecule has 0 saturated carbocycles. The van der Waals surface area contributed by atoms with Crippen molar-refractivity contribution in [2.75, 3.05) is 10.6 Å². The van der Waals surface area contributed by atoms with Crippen molar-refractivity contribution in [2.45, 2.75) is 26.0 Å². The van der Waals surface area contributed by atoms with Crippen LogP contribution in [-0.2, 0) is 29.2 Å². The minimum Gasteiger partial charge on any atom is -0.487 e. The molecule has 1 aromatic carbocycles. The maximum Gasteiger partial charge on any atom is 0.315 e. The van der Waals surface area contributed by atoms with E-state index in [1.54, 1.807) is 35.8 Å². The first-order valence-corrected chi connectivity index (χ1v) is 9.41. The number of thiazole rings is 1. The molecule has 0 unspecified atom stereocenters. The SMILES string of the molecule is O=C(Nc1cccc(OCc2cscn2)c1)C(=O)Nc1cc2n(n1)CCC2. The predicted octanol–water partition coefficient (Wildman–Crippen LogP) is 2.44. The first kappa shape index (κ1) is 17.2. The van der Waals surface area contributed by atoms with Gasteiger partial charge in [0.1, 0.15) is 12.4 Å². The normalized spacial score (nSPS) is 12.4. The lowest BCUT2D eigenvalue weighted by molar-refractivity contribution is -0.133. The fraction of sp³-hybridized carbons (Fsp3) is 0.222. The Morgan fingerprint density at radius 3 is 2.93 bits per heavy atom. The van der Waals surface area contributed by atoms with E-state index in [0.717, 1.165) is 30.8 Å². The van der Waals surface area contributed by atoms with Gasteiger partial charge in [0, 0.05) is 35.4 Å². The van der Waals surface area contributed by atoms with Crippen molar-refractivity contribution in [3.05, 3.63) is 52.6 Å². The average Bonchev–Trinajstić information content (AvgIpc) is 3.38. The Bertz CT molecular complexity index is 946. The molecular formula is C18H17N5O3S. The van der Waals surface area contributed by atoms with Crippen LogP contribution in [0.4, 0.5) is 11.5 Å². The van der Waals surface area contributed by atoms with Crippen molar-refractivity contribution < 1.29 is 14.3 Å².